The standard InChI is InChI=1S/C20H31NO3/c1-4-5-6-7-8-9-10-15-21-20(22)14-12-17-11-13-18(23-2)19(16-17)24-3/h11-14,16H,4-10,15H2,1-3H3,(H,21,22). The summed E-state index contributed by atoms with van der Waals surface area (Å²) in [6, 6.07) is 5.56. The number of carbonyl (C=O) groups is 1. The van der Waals surface area contributed by atoms with Crippen molar-refractivity contribution in [2.75, 3.05) is 20.8 Å². The minimum absolute atomic E-state index is 0.0595. The van der Waals surface area contributed by atoms with Crippen molar-refractivity contribution in [2.24, 2.45) is 0 Å². The van der Waals surface area contributed by atoms with E-state index in [9.17, 15) is 4.79 Å². The second-order valence-corrected chi connectivity index (χ2v) is 5.86. The Kier molecular flexibility index (Phi) is 10.4. The van der Waals surface area contributed by atoms with Gasteiger partial charge >= 0.3 is 0 Å². The quantitative estimate of drug-likeness (QED) is 0.450. The first-order chi connectivity index (χ1) is 11.7. The maximum Gasteiger partial charge on any atom is 0.243 e. The third-order valence-electron chi connectivity index (χ3n) is 3.91. The number of ether oxygens (including phenoxy) is 2. The molecule has 4 heteroatoms. The first-order valence-corrected chi connectivity index (χ1v) is 8.89. The van der Waals surface area contributed by atoms with Crippen LogP contribution in [0.1, 0.15) is 57.4 Å². The highest BCUT2D eigenvalue weighted by molar-refractivity contribution is 5.91. The van der Waals surface area contributed by atoms with E-state index >= 15 is 0 Å². The fraction of sp³-hybridized carbons (Fsp3) is 0.550. The number of hydrogen-bond acceptors (Lipinski definition) is 3. The number of hydrogen-bond donors (Lipinski definition) is 1. The Morgan fingerprint density at radius 1 is 1.00 bits per heavy atom. The molecule has 0 spiro atoms. The van der Waals surface area contributed by atoms with Gasteiger partial charge in [0, 0.05) is 12.6 Å². The molecule has 1 N–H and O–H groups in total. The molecule has 0 unspecified atom stereocenters. The second kappa shape index (κ2) is 12.5. The lowest BCUT2D eigenvalue weighted by Gasteiger charge is -2.07. The summed E-state index contributed by atoms with van der Waals surface area (Å²) in [5, 5.41) is 2.92. The van der Waals surface area contributed by atoms with Crippen LogP contribution in [0.3, 0.4) is 0 Å². The molecule has 0 fully saturated rings. The lowest BCUT2D eigenvalue weighted by atomic mass is 10.1. The summed E-state index contributed by atoms with van der Waals surface area (Å²) in [6.45, 7) is 2.97. The van der Waals surface area contributed by atoms with Gasteiger partial charge in [0.15, 0.2) is 11.5 Å². The molecule has 0 aliphatic heterocycles. The Morgan fingerprint density at radius 2 is 1.67 bits per heavy atom. The number of unbranched alkanes of at least 4 members (excludes halogenated alkanes) is 6. The van der Waals surface area contributed by atoms with Gasteiger partial charge in [0.2, 0.25) is 5.91 Å². The second-order valence-electron chi connectivity index (χ2n) is 5.86. The highest BCUT2D eigenvalue weighted by atomic mass is 16.5. The Balaban J connectivity index is 2.26. The van der Waals surface area contributed by atoms with E-state index in [1.165, 1.54) is 38.5 Å². The summed E-state index contributed by atoms with van der Waals surface area (Å²) in [7, 11) is 3.20. The van der Waals surface area contributed by atoms with Gasteiger partial charge in [0.05, 0.1) is 14.2 Å². The zero-order chi connectivity index (χ0) is 17.6. The van der Waals surface area contributed by atoms with E-state index in [-0.39, 0.29) is 5.91 Å². The fourth-order valence-corrected chi connectivity index (χ4v) is 2.48. The molecule has 4 nitrogen and oxygen atoms in total. The zero-order valence-corrected chi connectivity index (χ0v) is 15.3. The van der Waals surface area contributed by atoms with Gasteiger partial charge in [0.25, 0.3) is 0 Å². The fourth-order valence-electron chi connectivity index (χ4n) is 2.48. The molecule has 0 heterocycles. The molecular weight excluding hydrogens is 302 g/mol. The SMILES string of the molecule is CCCCCCCCCNC(=O)C=Cc1ccc(OC)c(OC)c1. The molecule has 0 bridgehead atoms. The van der Waals surface area contributed by atoms with E-state index in [2.05, 4.69) is 12.2 Å². The number of methoxy groups -OCH3 is 2. The third-order valence-corrected chi connectivity index (χ3v) is 3.91. The Bertz CT molecular complexity index is 512. The molecule has 1 rings (SSSR count). The summed E-state index contributed by atoms with van der Waals surface area (Å²) >= 11 is 0. The van der Waals surface area contributed by atoms with Crippen LogP contribution in [0.2, 0.25) is 0 Å². The first kappa shape index (κ1) is 20.1. The normalized spacial score (nSPS) is 10.8. The molecule has 0 aliphatic rings. The molecule has 0 atom stereocenters. The van der Waals surface area contributed by atoms with Gasteiger partial charge in [-0.15, -0.1) is 0 Å². The molecule has 0 saturated carbocycles. The Morgan fingerprint density at radius 3 is 2.33 bits per heavy atom. The maximum absolute atomic E-state index is 11.8. The zero-order valence-electron chi connectivity index (χ0n) is 15.3. The van der Waals surface area contributed by atoms with Crippen molar-refractivity contribution in [1.82, 2.24) is 5.32 Å². The van der Waals surface area contributed by atoms with Crippen LogP contribution in [0.15, 0.2) is 24.3 Å². The topological polar surface area (TPSA) is 47.6 Å². The summed E-state index contributed by atoms with van der Waals surface area (Å²) in [4.78, 5) is 11.8. The molecule has 0 radical (unpaired) electrons. The molecule has 134 valence electrons. The lowest BCUT2D eigenvalue weighted by Crippen LogP contribution is -2.21. The molecular formula is C20H31NO3. The van der Waals surface area contributed by atoms with E-state index in [4.69, 9.17) is 9.47 Å². The average molecular weight is 333 g/mol. The molecule has 1 amide bonds. The smallest absolute Gasteiger partial charge is 0.243 e. The van der Waals surface area contributed by atoms with Crippen molar-refractivity contribution in [2.45, 2.75) is 51.9 Å². The first-order valence-electron chi connectivity index (χ1n) is 8.89. The molecule has 0 saturated heterocycles. The van der Waals surface area contributed by atoms with Gasteiger partial charge in [0.1, 0.15) is 0 Å². The van der Waals surface area contributed by atoms with Crippen LogP contribution < -0.4 is 14.8 Å². The summed E-state index contributed by atoms with van der Waals surface area (Å²) in [5.74, 6) is 1.27. The van der Waals surface area contributed by atoms with Crippen LogP contribution in [0.5, 0.6) is 11.5 Å². The molecule has 0 aliphatic carbocycles. The van der Waals surface area contributed by atoms with E-state index in [1.807, 2.05) is 18.2 Å². The minimum Gasteiger partial charge on any atom is -0.493 e. The van der Waals surface area contributed by atoms with Crippen molar-refractivity contribution in [3.8, 4) is 11.5 Å². The monoisotopic (exact) mass is 333 g/mol. The van der Waals surface area contributed by atoms with Gasteiger partial charge < -0.3 is 14.8 Å². The van der Waals surface area contributed by atoms with E-state index in [0.717, 1.165) is 18.5 Å². The van der Waals surface area contributed by atoms with Crippen LogP contribution in [-0.4, -0.2) is 26.7 Å². The largest absolute Gasteiger partial charge is 0.493 e. The third kappa shape index (κ3) is 8.04. The Labute approximate surface area is 146 Å². The number of rotatable bonds is 12. The van der Waals surface area contributed by atoms with Crippen molar-refractivity contribution >= 4 is 12.0 Å². The summed E-state index contributed by atoms with van der Waals surface area (Å²) in [5.41, 5.74) is 0.902. The van der Waals surface area contributed by atoms with Crippen LogP contribution in [0.25, 0.3) is 6.08 Å². The predicted octanol–water partition coefficient (Wildman–Crippen LogP) is 4.58. The molecule has 1 aromatic rings. The van der Waals surface area contributed by atoms with Crippen LogP contribution >= 0.6 is 0 Å². The van der Waals surface area contributed by atoms with Gasteiger partial charge in [-0.3, -0.25) is 4.79 Å². The van der Waals surface area contributed by atoms with E-state index in [0.29, 0.717) is 11.5 Å². The van der Waals surface area contributed by atoms with Gasteiger partial charge in [-0.25, -0.2) is 0 Å². The van der Waals surface area contributed by atoms with Crippen LogP contribution in [0, 0.1) is 0 Å². The number of benzene rings is 1. The van der Waals surface area contributed by atoms with E-state index < -0.39 is 0 Å². The molecule has 0 aromatic heterocycles. The highest BCUT2D eigenvalue weighted by Gasteiger charge is 2.03. The predicted molar refractivity (Wildman–Crippen MR) is 99.6 cm³/mol. The number of carbonyl (C=O) groups excluding carboxylic acids is 1. The van der Waals surface area contributed by atoms with Gasteiger partial charge in [-0.05, 0) is 30.2 Å². The number of amides is 1. The summed E-state index contributed by atoms with van der Waals surface area (Å²) < 4.78 is 10.4. The average Bonchev–Trinajstić information content (AvgIpc) is 2.61. The highest BCUT2D eigenvalue weighted by Crippen LogP contribution is 2.27. The van der Waals surface area contributed by atoms with Crippen molar-refractivity contribution in [3.63, 3.8) is 0 Å². The van der Waals surface area contributed by atoms with Crippen LogP contribution in [0.4, 0.5) is 0 Å². The van der Waals surface area contributed by atoms with Gasteiger partial charge in [-0.2, -0.15) is 0 Å². The van der Waals surface area contributed by atoms with Gasteiger partial charge in [-0.1, -0.05) is 51.5 Å². The summed E-state index contributed by atoms with van der Waals surface area (Å²) in [6.07, 6.45) is 12.1. The van der Waals surface area contributed by atoms with E-state index in [1.54, 1.807) is 26.4 Å². The lowest BCUT2D eigenvalue weighted by molar-refractivity contribution is -0.116. The van der Waals surface area contributed by atoms with Crippen LogP contribution in [-0.2, 0) is 4.79 Å². The van der Waals surface area contributed by atoms with Crippen molar-refractivity contribution in [3.05, 3.63) is 29.8 Å². The Hall–Kier alpha value is -1.97. The minimum atomic E-state index is -0.0595. The molecule has 24 heavy (non-hydrogen) atoms. The van der Waals surface area contributed by atoms with Crippen molar-refractivity contribution < 1.29 is 14.3 Å². The maximum atomic E-state index is 11.8. The number of nitrogens with one attached hydrogen (secondary N) is 1. The van der Waals surface area contributed by atoms with Crippen molar-refractivity contribution in [1.29, 1.82) is 0 Å². The molecule has 1 aromatic carbocycles.